The van der Waals surface area contributed by atoms with Crippen LogP contribution >= 0.6 is 11.3 Å². The Hall–Kier alpha value is -2.14. The fourth-order valence-electron chi connectivity index (χ4n) is 2.44. The molecule has 2 N–H and O–H groups in total. The second-order valence-corrected chi connectivity index (χ2v) is 5.53. The summed E-state index contributed by atoms with van der Waals surface area (Å²) >= 11 is 1.41. The fraction of sp³-hybridized carbons (Fsp3) is 0.133. The number of nitrogen functional groups attached to an aromatic ring is 1. The van der Waals surface area contributed by atoms with E-state index in [-0.39, 0.29) is 5.82 Å². The van der Waals surface area contributed by atoms with Crippen LogP contribution in [0.2, 0.25) is 0 Å². The van der Waals surface area contributed by atoms with Gasteiger partial charge in [0.1, 0.15) is 5.82 Å². The first-order chi connectivity index (χ1) is 9.58. The van der Waals surface area contributed by atoms with Gasteiger partial charge in [-0.3, -0.25) is 0 Å². The number of nitrogens with zero attached hydrogens (tertiary/aromatic N) is 2. The van der Waals surface area contributed by atoms with E-state index in [4.69, 9.17) is 5.73 Å². The number of halogens is 1. The molecule has 0 aliphatic rings. The van der Waals surface area contributed by atoms with E-state index in [1.165, 1.54) is 17.4 Å². The standard InChI is InChI=1S/C15H14FN3S/c1-9-7-11(13-8-20-15(17)18-13)10(2)19(9)14-6-4-3-5-12(14)16/h3-8H,1-2H3,(H2,17,18). The highest BCUT2D eigenvalue weighted by molar-refractivity contribution is 7.13. The van der Waals surface area contributed by atoms with Gasteiger partial charge in [0, 0.05) is 22.3 Å². The molecule has 20 heavy (non-hydrogen) atoms. The van der Waals surface area contributed by atoms with Crippen LogP contribution in [-0.4, -0.2) is 9.55 Å². The maximum absolute atomic E-state index is 14.0. The van der Waals surface area contributed by atoms with Gasteiger partial charge in [-0.15, -0.1) is 11.3 Å². The van der Waals surface area contributed by atoms with Crippen LogP contribution in [0.25, 0.3) is 16.9 Å². The molecule has 0 saturated carbocycles. The number of anilines is 1. The quantitative estimate of drug-likeness (QED) is 0.776. The third-order valence-corrected chi connectivity index (χ3v) is 4.00. The highest BCUT2D eigenvalue weighted by atomic mass is 32.1. The summed E-state index contributed by atoms with van der Waals surface area (Å²) in [6.07, 6.45) is 0. The molecule has 3 rings (SSSR count). The number of para-hydroxylation sites is 1. The largest absolute Gasteiger partial charge is 0.375 e. The zero-order chi connectivity index (χ0) is 14.3. The van der Waals surface area contributed by atoms with Gasteiger partial charge in [0.05, 0.1) is 11.4 Å². The number of hydrogen-bond donors (Lipinski definition) is 1. The third kappa shape index (κ3) is 2.00. The molecule has 5 heteroatoms. The smallest absolute Gasteiger partial charge is 0.180 e. The first kappa shape index (κ1) is 12.9. The molecule has 2 aromatic heterocycles. The molecule has 0 amide bonds. The minimum absolute atomic E-state index is 0.237. The lowest BCUT2D eigenvalue weighted by Crippen LogP contribution is -2.01. The van der Waals surface area contributed by atoms with Crippen molar-refractivity contribution in [2.24, 2.45) is 0 Å². The zero-order valence-corrected chi connectivity index (χ0v) is 12.0. The van der Waals surface area contributed by atoms with E-state index in [9.17, 15) is 4.39 Å². The van der Waals surface area contributed by atoms with Crippen molar-refractivity contribution < 1.29 is 4.39 Å². The van der Waals surface area contributed by atoms with Gasteiger partial charge in [-0.2, -0.15) is 0 Å². The molecule has 0 aliphatic heterocycles. The van der Waals surface area contributed by atoms with E-state index in [1.54, 1.807) is 12.1 Å². The normalized spacial score (nSPS) is 10.9. The molecule has 1 aromatic carbocycles. The molecule has 0 unspecified atom stereocenters. The molecule has 3 nitrogen and oxygen atoms in total. The molecule has 0 atom stereocenters. The van der Waals surface area contributed by atoms with E-state index in [2.05, 4.69) is 4.98 Å². The summed E-state index contributed by atoms with van der Waals surface area (Å²) in [7, 11) is 0. The lowest BCUT2D eigenvalue weighted by molar-refractivity contribution is 0.616. The number of nitrogens with two attached hydrogens (primary N) is 1. The highest BCUT2D eigenvalue weighted by Gasteiger charge is 2.16. The Morgan fingerprint density at radius 3 is 2.65 bits per heavy atom. The average molecular weight is 287 g/mol. The molecule has 0 radical (unpaired) electrons. The summed E-state index contributed by atoms with van der Waals surface area (Å²) in [6, 6.07) is 8.77. The molecule has 0 saturated heterocycles. The van der Waals surface area contributed by atoms with Gasteiger partial charge < -0.3 is 10.3 Å². The third-order valence-electron chi connectivity index (χ3n) is 3.32. The van der Waals surface area contributed by atoms with Crippen molar-refractivity contribution in [2.45, 2.75) is 13.8 Å². The Morgan fingerprint density at radius 1 is 1.25 bits per heavy atom. The van der Waals surface area contributed by atoms with Crippen molar-refractivity contribution >= 4 is 16.5 Å². The second-order valence-electron chi connectivity index (χ2n) is 4.64. The van der Waals surface area contributed by atoms with E-state index < -0.39 is 0 Å². The van der Waals surface area contributed by atoms with Gasteiger partial charge in [0.25, 0.3) is 0 Å². The minimum Gasteiger partial charge on any atom is -0.375 e. The van der Waals surface area contributed by atoms with Crippen LogP contribution < -0.4 is 5.73 Å². The van der Waals surface area contributed by atoms with Gasteiger partial charge in [-0.1, -0.05) is 12.1 Å². The molecule has 102 valence electrons. The molecule has 0 bridgehead atoms. The molecular formula is C15H14FN3S. The van der Waals surface area contributed by atoms with Gasteiger partial charge >= 0.3 is 0 Å². The lowest BCUT2D eigenvalue weighted by Gasteiger charge is -2.10. The van der Waals surface area contributed by atoms with Crippen LogP contribution in [0.15, 0.2) is 35.7 Å². The maximum Gasteiger partial charge on any atom is 0.180 e. The predicted molar refractivity (Wildman–Crippen MR) is 80.7 cm³/mol. The highest BCUT2D eigenvalue weighted by Crippen LogP contribution is 2.31. The van der Waals surface area contributed by atoms with Crippen LogP contribution in [0.1, 0.15) is 11.4 Å². The number of aromatic nitrogens is 2. The van der Waals surface area contributed by atoms with Crippen molar-refractivity contribution in [3.05, 3.63) is 52.9 Å². The number of aryl methyl sites for hydroxylation is 1. The molecule has 0 spiro atoms. The summed E-state index contributed by atoms with van der Waals surface area (Å²) in [5, 5.41) is 2.46. The van der Waals surface area contributed by atoms with Gasteiger partial charge in [0.2, 0.25) is 0 Å². The number of rotatable bonds is 2. The minimum atomic E-state index is -0.237. The van der Waals surface area contributed by atoms with Gasteiger partial charge in [-0.05, 0) is 32.0 Å². The van der Waals surface area contributed by atoms with Gasteiger partial charge in [0.15, 0.2) is 5.13 Å². The van der Waals surface area contributed by atoms with E-state index in [0.717, 1.165) is 22.6 Å². The molecule has 3 aromatic rings. The SMILES string of the molecule is Cc1cc(-c2csc(N)n2)c(C)n1-c1ccccc1F. The predicted octanol–water partition coefficient (Wildman–Crippen LogP) is 3.94. The van der Waals surface area contributed by atoms with E-state index in [0.29, 0.717) is 10.8 Å². The second kappa shape index (κ2) is 4.76. The van der Waals surface area contributed by atoms with Crippen molar-refractivity contribution in [1.82, 2.24) is 9.55 Å². The number of hydrogen-bond acceptors (Lipinski definition) is 3. The average Bonchev–Trinajstić information content (AvgIpc) is 2.95. The topological polar surface area (TPSA) is 43.8 Å². The maximum atomic E-state index is 14.0. The van der Waals surface area contributed by atoms with Crippen LogP contribution in [0, 0.1) is 19.7 Å². The zero-order valence-electron chi connectivity index (χ0n) is 11.2. The van der Waals surface area contributed by atoms with E-state index in [1.807, 2.05) is 35.9 Å². The fourth-order valence-corrected chi connectivity index (χ4v) is 3.00. The number of thiazole rings is 1. The van der Waals surface area contributed by atoms with Crippen LogP contribution in [-0.2, 0) is 0 Å². The van der Waals surface area contributed by atoms with Crippen LogP contribution in [0.3, 0.4) is 0 Å². The Balaban J connectivity index is 2.20. The Labute approximate surface area is 120 Å². The number of benzene rings is 1. The molecule has 2 heterocycles. The summed E-state index contributed by atoms with van der Waals surface area (Å²) in [4.78, 5) is 4.30. The summed E-state index contributed by atoms with van der Waals surface area (Å²) in [6.45, 7) is 3.92. The van der Waals surface area contributed by atoms with Crippen LogP contribution in [0.4, 0.5) is 9.52 Å². The summed E-state index contributed by atoms with van der Waals surface area (Å²) < 4.78 is 15.9. The Morgan fingerprint density at radius 2 is 2.00 bits per heavy atom. The molecule has 0 fully saturated rings. The first-order valence-electron chi connectivity index (χ1n) is 6.23. The van der Waals surface area contributed by atoms with Crippen molar-refractivity contribution in [3.63, 3.8) is 0 Å². The monoisotopic (exact) mass is 287 g/mol. The Kier molecular flexibility index (Phi) is 3.06. The van der Waals surface area contributed by atoms with E-state index >= 15 is 0 Å². The Bertz CT molecular complexity index is 773. The van der Waals surface area contributed by atoms with Crippen molar-refractivity contribution in [2.75, 3.05) is 5.73 Å². The first-order valence-corrected chi connectivity index (χ1v) is 7.11. The molecular weight excluding hydrogens is 273 g/mol. The molecule has 0 aliphatic carbocycles. The summed E-state index contributed by atoms with van der Waals surface area (Å²) in [5.74, 6) is -0.237. The van der Waals surface area contributed by atoms with Crippen molar-refractivity contribution in [1.29, 1.82) is 0 Å². The summed E-state index contributed by atoms with van der Waals surface area (Å²) in [5.41, 5.74) is 9.98. The van der Waals surface area contributed by atoms with Gasteiger partial charge in [-0.25, -0.2) is 9.37 Å². The van der Waals surface area contributed by atoms with Crippen molar-refractivity contribution in [3.8, 4) is 16.9 Å². The van der Waals surface area contributed by atoms with Crippen LogP contribution in [0.5, 0.6) is 0 Å². The lowest BCUT2D eigenvalue weighted by atomic mass is 10.2.